The van der Waals surface area contributed by atoms with E-state index in [1.54, 1.807) is 12.4 Å². The van der Waals surface area contributed by atoms with E-state index >= 15 is 0 Å². The Kier molecular flexibility index (Phi) is 4.57. The smallest absolute Gasteiger partial charge is 0.228 e. The second-order valence-corrected chi connectivity index (χ2v) is 5.86. The third-order valence-electron chi connectivity index (χ3n) is 4.02. The van der Waals surface area contributed by atoms with Crippen molar-refractivity contribution in [3.8, 4) is 11.3 Å². The normalized spacial score (nSPS) is 14.2. The molecule has 4 rings (SSSR count). The van der Waals surface area contributed by atoms with Gasteiger partial charge < -0.3 is 20.7 Å². The molecule has 2 aromatic heterocycles. The predicted molar refractivity (Wildman–Crippen MR) is 100 cm³/mol. The van der Waals surface area contributed by atoms with Crippen LogP contribution in [-0.2, 0) is 4.74 Å². The molecule has 0 radical (unpaired) electrons. The zero-order chi connectivity index (χ0) is 17.8. The topological polar surface area (TPSA) is 102 Å². The van der Waals surface area contributed by atoms with Crippen molar-refractivity contribution in [1.82, 2.24) is 19.9 Å². The van der Waals surface area contributed by atoms with E-state index in [0.29, 0.717) is 25.0 Å². The predicted octanol–water partition coefficient (Wildman–Crippen LogP) is 2.10. The highest BCUT2D eigenvalue weighted by Gasteiger charge is 2.16. The molecule has 1 aliphatic heterocycles. The summed E-state index contributed by atoms with van der Waals surface area (Å²) in [5, 5.41) is 3.33. The van der Waals surface area contributed by atoms with Crippen LogP contribution < -0.4 is 16.0 Å². The van der Waals surface area contributed by atoms with Gasteiger partial charge in [0.2, 0.25) is 11.9 Å². The number of hydrogen-bond donors (Lipinski definition) is 2. The van der Waals surface area contributed by atoms with Crippen molar-refractivity contribution in [2.75, 3.05) is 42.3 Å². The molecule has 0 saturated carbocycles. The van der Waals surface area contributed by atoms with Crippen LogP contribution in [0.1, 0.15) is 0 Å². The number of para-hydroxylation sites is 1. The Morgan fingerprint density at radius 2 is 1.73 bits per heavy atom. The summed E-state index contributed by atoms with van der Waals surface area (Å²) in [6.45, 7) is 2.85. The molecule has 0 unspecified atom stereocenters. The maximum atomic E-state index is 5.59. The number of morpholine rings is 1. The highest BCUT2D eigenvalue weighted by Crippen LogP contribution is 2.24. The number of nitrogens with two attached hydrogens (primary N) is 1. The highest BCUT2D eigenvalue weighted by atomic mass is 16.5. The number of anilines is 4. The molecule has 132 valence electrons. The number of benzene rings is 1. The van der Waals surface area contributed by atoms with Crippen molar-refractivity contribution < 1.29 is 4.74 Å². The molecule has 8 heteroatoms. The summed E-state index contributed by atoms with van der Waals surface area (Å²) >= 11 is 0. The first-order valence-electron chi connectivity index (χ1n) is 8.40. The zero-order valence-corrected chi connectivity index (χ0v) is 14.2. The van der Waals surface area contributed by atoms with Crippen molar-refractivity contribution in [2.45, 2.75) is 0 Å². The summed E-state index contributed by atoms with van der Waals surface area (Å²) in [5.74, 6) is 1.60. The van der Waals surface area contributed by atoms with Crippen LogP contribution in [0.2, 0.25) is 0 Å². The molecule has 1 aliphatic rings. The molecule has 1 fully saturated rings. The number of nitrogen functional groups attached to an aromatic ring is 1. The van der Waals surface area contributed by atoms with Gasteiger partial charge in [-0.25, -0.2) is 15.0 Å². The summed E-state index contributed by atoms with van der Waals surface area (Å²) in [5.41, 5.74) is 8.07. The molecule has 0 spiro atoms. The summed E-state index contributed by atoms with van der Waals surface area (Å²) < 4.78 is 5.43. The first-order chi connectivity index (χ1) is 12.8. The van der Waals surface area contributed by atoms with Crippen molar-refractivity contribution in [3.05, 3.63) is 48.8 Å². The van der Waals surface area contributed by atoms with Crippen LogP contribution in [0.5, 0.6) is 0 Å². The lowest BCUT2D eigenvalue weighted by Crippen LogP contribution is -2.37. The quantitative estimate of drug-likeness (QED) is 0.738. The molecule has 1 aromatic carbocycles. The van der Waals surface area contributed by atoms with Crippen LogP contribution in [-0.4, -0.2) is 46.2 Å². The highest BCUT2D eigenvalue weighted by molar-refractivity contribution is 5.66. The van der Waals surface area contributed by atoms with Crippen molar-refractivity contribution in [1.29, 1.82) is 0 Å². The van der Waals surface area contributed by atoms with Gasteiger partial charge in [0.1, 0.15) is 5.82 Å². The monoisotopic (exact) mass is 349 g/mol. The van der Waals surface area contributed by atoms with Gasteiger partial charge in [0.05, 0.1) is 18.9 Å². The Bertz CT molecular complexity index is 864. The van der Waals surface area contributed by atoms with Gasteiger partial charge in [0.15, 0.2) is 0 Å². The van der Waals surface area contributed by atoms with Crippen molar-refractivity contribution >= 4 is 23.4 Å². The maximum absolute atomic E-state index is 5.59. The second kappa shape index (κ2) is 7.32. The Labute approximate surface area is 151 Å². The average molecular weight is 349 g/mol. The molecule has 3 aromatic rings. The van der Waals surface area contributed by atoms with E-state index in [0.717, 1.165) is 30.0 Å². The molecule has 0 atom stereocenters. The second-order valence-electron chi connectivity index (χ2n) is 5.86. The summed E-state index contributed by atoms with van der Waals surface area (Å²) in [4.78, 5) is 19.6. The standard InChI is InChI=1S/C18H19N7O/c19-17-20-11-13(12-21-17)15-10-16(22-14-4-2-1-3-5-14)24-18(23-15)25-6-8-26-9-7-25/h1-5,10-12H,6-9H2,(H2,19,20,21)(H,22,23,24). The summed E-state index contributed by atoms with van der Waals surface area (Å²) in [6, 6.07) is 11.8. The Morgan fingerprint density at radius 1 is 1.00 bits per heavy atom. The molecular formula is C18H19N7O. The molecule has 8 nitrogen and oxygen atoms in total. The fourth-order valence-electron chi connectivity index (χ4n) is 2.69. The lowest BCUT2D eigenvalue weighted by molar-refractivity contribution is 0.122. The van der Waals surface area contributed by atoms with E-state index in [-0.39, 0.29) is 5.95 Å². The molecule has 3 heterocycles. The zero-order valence-electron chi connectivity index (χ0n) is 14.2. The van der Waals surface area contributed by atoms with E-state index in [1.807, 2.05) is 36.4 Å². The third-order valence-corrected chi connectivity index (χ3v) is 4.02. The van der Waals surface area contributed by atoms with Gasteiger partial charge in [-0.15, -0.1) is 0 Å². The maximum Gasteiger partial charge on any atom is 0.228 e. The molecule has 0 bridgehead atoms. The van der Waals surface area contributed by atoms with Crippen molar-refractivity contribution in [3.63, 3.8) is 0 Å². The third kappa shape index (κ3) is 3.70. The van der Waals surface area contributed by atoms with E-state index in [1.165, 1.54) is 0 Å². The van der Waals surface area contributed by atoms with E-state index in [2.05, 4.69) is 25.2 Å². The van der Waals surface area contributed by atoms with Gasteiger partial charge in [-0.3, -0.25) is 0 Å². The number of hydrogen-bond acceptors (Lipinski definition) is 8. The molecule has 26 heavy (non-hydrogen) atoms. The summed E-state index contributed by atoms with van der Waals surface area (Å²) in [6.07, 6.45) is 3.33. The minimum absolute atomic E-state index is 0.235. The van der Waals surface area contributed by atoms with Gasteiger partial charge >= 0.3 is 0 Å². The first kappa shape index (κ1) is 16.2. The van der Waals surface area contributed by atoms with Gasteiger partial charge in [-0.05, 0) is 12.1 Å². The number of aromatic nitrogens is 4. The average Bonchev–Trinajstić information content (AvgIpc) is 2.70. The Morgan fingerprint density at radius 3 is 2.46 bits per heavy atom. The van der Waals surface area contributed by atoms with Crippen LogP contribution in [0.25, 0.3) is 11.3 Å². The van der Waals surface area contributed by atoms with E-state index in [9.17, 15) is 0 Å². The number of nitrogens with zero attached hydrogens (tertiary/aromatic N) is 5. The largest absolute Gasteiger partial charge is 0.378 e. The van der Waals surface area contributed by atoms with Crippen molar-refractivity contribution in [2.24, 2.45) is 0 Å². The van der Waals surface area contributed by atoms with Crippen LogP contribution in [0.4, 0.5) is 23.4 Å². The van der Waals surface area contributed by atoms with Crippen LogP contribution >= 0.6 is 0 Å². The van der Waals surface area contributed by atoms with Crippen LogP contribution in [0.15, 0.2) is 48.8 Å². The van der Waals surface area contributed by atoms with Gasteiger partial charge in [0.25, 0.3) is 0 Å². The number of rotatable bonds is 4. The van der Waals surface area contributed by atoms with E-state index < -0.39 is 0 Å². The SMILES string of the molecule is Nc1ncc(-c2cc(Nc3ccccc3)nc(N3CCOCC3)n2)cn1. The Hall–Kier alpha value is -3.26. The minimum atomic E-state index is 0.235. The lowest BCUT2D eigenvalue weighted by Gasteiger charge is -2.27. The van der Waals surface area contributed by atoms with Crippen LogP contribution in [0, 0.1) is 0 Å². The van der Waals surface area contributed by atoms with Gasteiger partial charge in [0, 0.05) is 42.8 Å². The fourth-order valence-corrected chi connectivity index (χ4v) is 2.69. The number of nitrogens with one attached hydrogen (secondary N) is 1. The van der Waals surface area contributed by atoms with Gasteiger partial charge in [-0.2, -0.15) is 4.98 Å². The number of ether oxygens (including phenoxy) is 1. The molecular weight excluding hydrogens is 330 g/mol. The molecule has 0 aliphatic carbocycles. The summed E-state index contributed by atoms with van der Waals surface area (Å²) in [7, 11) is 0. The fraction of sp³-hybridized carbons (Fsp3) is 0.222. The molecule has 0 amide bonds. The molecule has 1 saturated heterocycles. The lowest BCUT2D eigenvalue weighted by atomic mass is 10.2. The van der Waals surface area contributed by atoms with Crippen LogP contribution in [0.3, 0.4) is 0 Å². The Balaban J connectivity index is 1.72. The minimum Gasteiger partial charge on any atom is -0.378 e. The molecule has 3 N–H and O–H groups in total. The van der Waals surface area contributed by atoms with E-state index in [4.69, 9.17) is 15.5 Å². The first-order valence-corrected chi connectivity index (χ1v) is 8.40. The van der Waals surface area contributed by atoms with Gasteiger partial charge in [-0.1, -0.05) is 18.2 Å².